The average molecular weight is 274 g/mol. The summed E-state index contributed by atoms with van der Waals surface area (Å²) in [7, 11) is 0. The first-order valence-corrected chi connectivity index (χ1v) is 6.31. The number of anilines is 1. The Morgan fingerprint density at radius 1 is 1.25 bits per heavy atom. The van der Waals surface area contributed by atoms with Crippen molar-refractivity contribution in [2.75, 3.05) is 12.1 Å². The SMILES string of the molecule is CC(C)c1cc(C(=O)Nc2ccc3c(c2)OCO3)on1. The highest BCUT2D eigenvalue weighted by molar-refractivity contribution is 6.02. The molecule has 1 amide bonds. The van der Waals surface area contributed by atoms with Crippen molar-refractivity contribution in [3.8, 4) is 11.5 Å². The van der Waals surface area contributed by atoms with E-state index in [4.69, 9.17) is 14.0 Å². The van der Waals surface area contributed by atoms with Gasteiger partial charge in [-0.05, 0) is 18.1 Å². The Morgan fingerprint density at radius 2 is 2.05 bits per heavy atom. The van der Waals surface area contributed by atoms with Gasteiger partial charge in [0.25, 0.3) is 5.91 Å². The van der Waals surface area contributed by atoms with Crippen LogP contribution in [0.25, 0.3) is 0 Å². The van der Waals surface area contributed by atoms with Crippen LogP contribution >= 0.6 is 0 Å². The second-order valence-corrected chi connectivity index (χ2v) is 4.79. The van der Waals surface area contributed by atoms with Crippen molar-refractivity contribution in [1.29, 1.82) is 0 Å². The minimum atomic E-state index is -0.344. The minimum absolute atomic E-state index is 0.186. The third-order valence-corrected chi connectivity index (χ3v) is 2.97. The molecule has 1 aliphatic rings. The Labute approximate surface area is 115 Å². The van der Waals surface area contributed by atoms with Gasteiger partial charge in [-0.15, -0.1) is 0 Å². The zero-order chi connectivity index (χ0) is 14.1. The summed E-state index contributed by atoms with van der Waals surface area (Å²) in [4.78, 5) is 12.0. The number of rotatable bonds is 3. The number of fused-ring (bicyclic) bond motifs is 1. The zero-order valence-corrected chi connectivity index (χ0v) is 11.2. The summed E-state index contributed by atoms with van der Waals surface area (Å²) in [5.74, 6) is 1.34. The Balaban J connectivity index is 1.75. The van der Waals surface area contributed by atoms with Crippen LogP contribution in [0.3, 0.4) is 0 Å². The maximum Gasteiger partial charge on any atom is 0.294 e. The standard InChI is InChI=1S/C14H14N2O4/c1-8(2)10-6-13(20-16-10)14(17)15-9-3-4-11-12(5-9)19-7-18-11/h3-6,8H,7H2,1-2H3,(H,15,17). The summed E-state index contributed by atoms with van der Waals surface area (Å²) in [6, 6.07) is 6.84. The Morgan fingerprint density at radius 3 is 2.80 bits per heavy atom. The number of nitrogens with one attached hydrogen (secondary N) is 1. The highest BCUT2D eigenvalue weighted by Gasteiger charge is 2.17. The first-order valence-electron chi connectivity index (χ1n) is 6.31. The molecule has 0 saturated heterocycles. The van der Waals surface area contributed by atoms with Crippen LogP contribution in [0.5, 0.6) is 11.5 Å². The molecule has 0 saturated carbocycles. The topological polar surface area (TPSA) is 73.6 Å². The predicted molar refractivity (Wildman–Crippen MR) is 71.1 cm³/mol. The summed E-state index contributed by atoms with van der Waals surface area (Å²) < 4.78 is 15.5. The van der Waals surface area contributed by atoms with Crippen molar-refractivity contribution in [1.82, 2.24) is 5.16 Å². The summed E-state index contributed by atoms with van der Waals surface area (Å²) in [5.41, 5.74) is 1.36. The molecule has 0 bridgehead atoms. The molecule has 0 unspecified atom stereocenters. The summed E-state index contributed by atoms with van der Waals surface area (Å²) in [6.07, 6.45) is 0. The quantitative estimate of drug-likeness (QED) is 0.931. The van der Waals surface area contributed by atoms with E-state index in [0.29, 0.717) is 17.2 Å². The lowest BCUT2D eigenvalue weighted by atomic mass is 10.1. The number of carbonyl (C=O) groups excluding carboxylic acids is 1. The van der Waals surface area contributed by atoms with Crippen LogP contribution in [0.4, 0.5) is 5.69 Å². The number of amides is 1. The Bertz CT molecular complexity index is 648. The van der Waals surface area contributed by atoms with E-state index in [1.807, 2.05) is 13.8 Å². The Kier molecular flexibility index (Phi) is 3.06. The molecule has 104 valence electrons. The van der Waals surface area contributed by atoms with Crippen LogP contribution in [0.15, 0.2) is 28.8 Å². The lowest BCUT2D eigenvalue weighted by molar-refractivity contribution is 0.0988. The molecule has 6 heteroatoms. The molecule has 20 heavy (non-hydrogen) atoms. The minimum Gasteiger partial charge on any atom is -0.454 e. The van der Waals surface area contributed by atoms with Crippen molar-refractivity contribution in [2.24, 2.45) is 0 Å². The van der Waals surface area contributed by atoms with Crippen molar-refractivity contribution < 1.29 is 18.8 Å². The fraction of sp³-hybridized carbons (Fsp3) is 0.286. The molecule has 0 radical (unpaired) electrons. The molecule has 0 aliphatic carbocycles. The van der Waals surface area contributed by atoms with Crippen molar-refractivity contribution in [3.05, 3.63) is 35.7 Å². The van der Waals surface area contributed by atoms with E-state index in [9.17, 15) is 4.79 Å². The molecule has 6 nitrogen and oxygen atoms in total. The van der Waals surface area contributed by atoms with Gasteiger partial charge < -0.3 is 19.3 Å². The molecule has 1 aromatic carbocycles. The second kappa shape index (κ2) is 4.88. The molecule has 0 fully saturated rings. The third kappa shape index (κ3) is 2.32. The molecule has 0 spiro atoms. The predicted octanol–water partition coefficient (Wildman–Crippen LogP) is 2.78. The zero-order valence-electron chi connectivity index (χ0n) is 11.2. The molecule has 1 aromatic heterocycles. The summed E-state index contributed by atoms with van der Waals surface area (Å²) in [6.45, 7) is 4.17. The number of ether oxygens (including phenoxy) is 2. The van der Waals surface area contributed by atoms with Gasteiger partial charge in [0, 0.05) is 17.8 Å². The maximum absolute atomic E-state index is 12.0. The van der Waals surface area contributed by atoms with E-state index in [0.717, 1.165) is 5.69 Å². The van der Waals surface area contributed by atoms with E-state index >= 15 is 0 Å². The normalized spacial score (nSPS) is 12.8. The fourth-order valence-electron chi connectivity index (χ4n) is 1.83. The van der Waals surface area contributed by atoms with Gasteiger partial charge in [-0.25, -0.2) is 0 Å². The largest absolute Gasteiger partial charge is 0.454 e. The van der Waals surface area contributed by atoms with Gasteiger partial charge in [0.15, 0.2) is 11.5 Å². The molecular weight excluding hydrogens is 260 g/mol. The van der Waals surface area contributed by atoms with Gasteiger partial charge in [-0.1, -0.05) is 19.0 Å². The molecule has 1 N–H and O–H groups in total. The first kappa shape index (κ1) is 12.5. The van der Waals surface area contributed by atoms with E-state index < -0.39 is 0 Å². The number of carbonyl (C=O) groups is 1. The summed E-state index contributed by atoms with van der Waals surface area (Å²) in [5, 5.41) is 6.59. The van der Waals surface area contributed by atoms with E-state index in [1.165, 1.54) is 0 Å². The molecule has 2 heterocycles. The molecule has 2 aromatic rings. The van der Waals surface area contributed by atoms with Gasteiger partial charge in [-0.3, -0.25) is 4.79 Å². The fourth-order valence-corrected chi connectivity index (χ4v) is 1.83. The smallest absolute Gasteiger partial charge is 0.294 e. The maximum atomic E-state index is 12.0. The highest BCUT2D eigenvalue weighted by Crippen LogP contribution is 2.34. The van der Waals surface area contributed by atoms with Gasteiger partial charge in [0.05, 0.1) is 5.69 Å². The van der Waals surface area contributed by atoms with Crippen molar-refractivity contribution in [2.45, 2.75) is 19.8 Å². The first-order chi connectivity index (χ1) is 9.63. The third-order valence-electron chi connectivity index (χ3n) is 2.97. The summed E-state index contributed by atoms with van der Waals surface area (Å²) >= 11 is 0. The lowest BCUT2D eigenvalue weighted by Gasteiger charge is -2.03. The second-order valence-electron chi connectivity index (χ2n) is 4.79. The highest BCUT2D eigenvalue weighted by atomic mass is 16.7. The monoisotopic (exact) mass is 274 g/mol. The van der Waals surface area contributed by atoms with Gasteiger partial charge in [0.2, 0.25) is 12.6 Å². The number of aromatic nitrogens is 1. The van der Waals surface area contributed by atoms with Crippen molar-refractivity contribution >= 4 is 11.6 Å². The van der Waals surface area contributed by atoms with Gasteiger partial charge in [-0.2, -0.15) is 0 Å². The van der Waals surface area contributed by atoms with Crippen molar-refractivity contribution in [3.63, 3.8) is 0 Å². The lowest BCUT2D eigenvalue weighted by Crippen LogP contribution is -2.10. The number of nitrogens with zero attached hydrogens (tertiary/aromatic N) is 1. The van der Waals surface area contributed by atoms with Crippen LogP contribution in [-0.2, 0) is 0 Å². The number of hydrogen-bond donors (Lipinski definition) is 1. The molecule has 1 aliphatic heterocycles. The number of hydrogen-bond acceptors (Lipinski definition) is 5. The van der Waals surface area contributed by atoms with E-state index in [2.05, 4.69) is 10.5 Å². The van der Waals surface area contributed by atoms with Gasteiger partial charge >= 0.3 is 0 Å². The van der Waals surface area contributed by atoms with Crippen LogP contribution in [0.1, 0.15) is 36.0 Å². The van der Waals surface area contributed by atoms with E-state index in [1.54, 1.807) is 24.3 Å². The molecule has 0 atom stereocenters. The average Bonchev–Trinajstić information content (AvgIpc) is 3.07. The van der Waals surface area contributed by atoms with Crippen LogP contribution < -0.4 is 14.8 Å². The van der Waals surface area contributed by atoms with Gasteiger partial charge in [0.1, 0.15) is 0 Å². The van der Waals surface area contributed by atoms with E-state index in [-0.39, 0.29) is 24.4 Å². The Hall–Kier alpha value is -2.50. The van der Waals surface area contributed by atoms with Crippen LogP contribution in [-0.4, -0.2) is 17.9 Å². The number of benzene rings is 1. The van der Waals surface area contributed by atoms with Crippen LogP contribution in [0, 0.1) is 0 Å². The van der Waals surface area contributed by atoms with Crippen LogP contribution in [0.2, 0.25) is 0 Å². The molecule has 3 rings (SSSR count). The molecular formula is C14H14N2O4.